The first-order valence-corrected chi connectivity index (χ1v) is 10.3. The molecule has 3 rings (SSSR count). The Morgan fingerprint density at radius 1 is 1.15 bits per heavy atom. The summed E-state index contributed by atoms with van der Waals surface area (Å²) in [6.07, 6.45) is 1.67. The number of aromatic nitrogens is 3. The fourth-order valence-corrected chi connectivity index (χ4v) is 3.47. The van der Waals surface area contributed by atoms with E-state index in [0.717, 1.165) is 14.9 Å². The smallest absolute Gasteiger partial charge is 0.234 e. The Hall–Kier alpha value is -1.87. The fourth-order valence-electron chi connectivity index (χ4n) is 2.38. The van der Waals surface area contributed by atoms with E-state index in [1.54, 1.807) is 6.33 Å². The van der Waals surface area contributed by atoms with Crippen molar-refractivity contribution < 1.29 is 4.79 Å². The summed E-state index contributed by atoms with van der Waals surface area (Å²) in [5.74, 6) is 0.694. The number of nitrogens with zero attached hydrogens (tertiary/aromatic N) is 3. The lowest BCUT2D eigenvalue weighted by Crippen LogP contribution is -2.14. The van der Waals surface area contributed by atoms with Gasteiger partial charge in [-0.2, -0.15) is 0 Å². The van der Waals surface area contributed by atoms with Crippen LogP contribution in [-0.2, 0) is 4.79 Å². The SMILES string of the molecule is CC(C)c1ccc(-n2cnnc2SCC(=O)Nc2ccc(I)cc2)cc1. The predicted octanol–water partition coefficient (Wildman–Crippen LogP) is 4.73. The molecule has 1 N–H and O–H groups in total. The fraction of sp³-hybridized carbons (Fsp3) is 0.211. The monoisotopic (exact) mass is 478 g/mol. The first kappa shape index (κ1) is 18.9. The zero-order chi connectivity index (χ0) is 18.5. The van der Waals surface area contributed by atoms with Crippen molar-refractivity contribution in [1.82, 2.24) is 14.8 Å². The van der Waals surface area contributed by atoms with Crippen molar-refractivity contribution in [3.63, 3.8) is 0 Å². The van der Waals surface area contributed by atoms with Gasteiger partial charge >= 0.3 is 0 Å². The maximum absolute atomic E-state index is 12.2. The number of carbonyl (C=O) groups excluding carboxylic acids is 1. The lowest BCUT2D eigenvalue weighted by atomic mass is 10.0. The zero-order valence-electron chi connectivity index (χ0n) is 14.5. The highest BCUT2D eigenvalue weighted by Gasteiger charge is 2.11. The van der Waals surface area contributed by atoms with Gasteiger partial charge in [0.2, 0.25) is 5.91 Å². The third-order valence-electron chi connectivity index (χ3n) is 3.81. The Bertz CT molecular complexity index is 875. The molecule has 0 radical (unpaired) electrons. The van der Waals surface area contributed by atoms with E-state index in [-0.39, 0.29) is 11.7 Å². The Labute approximate surface area is 170 Å². The second-order valence-electron chi connectivity index (χ2n) is 6.07. The molecule has 1 aromatic heterocycles. The van der Waals surface area contributed by atoms with Crippen molar-refractivity contribution in [2.45, 2.75) is 24.9 Å². The number of thioether (sulfide) groups is 1. The maximum atomic E-state index is 12.2. The average molecular weight is 478 g/mol. The van der Waals surface area contributed by atoms with Gasteiger partial charge < -0.3 is 5.32 Å². The maximum Gasteiger partial charge on any atom is 0.234 e. The van der Waals surface area contributed by atoms with Crippen LogP contribution >= 0.6 is 34.4 Å². The summed E-state index contributed by atoms with van der Waals surface area (Å²) in [7, 11) is 0. The molecule has 0 saturated carbocycles. The summed E-state index contributed by atoms with van der Waals surface area (Å²) in [6, 6.07) is 16.0. The number of carbonyl (C=O) groups is 1. The molecule has 1 heterocycles. The molecule has 7 heteroatoms. The van der Waals surface area contributed by atoms with Crippen LogP contribution in [0.1, 0.15) is 25.3 Å². The van der Waals surface area contributed by atoms with Crippen LogP contribution in [0.2, 0.25) is 0 Å². The minimum atomic E-state index is -0.0686. The van der Waals surface area contributed by atoms with Crippen LogP contribution < -0.4 is 5.32 Å². The third-order valence-corrected chi connectivity index (χ3v) is 5.48. The van der Waals surface area contributed by atoms with E-state index in [1.165, 1.54) is 17.3 Å². The molecule has 0 saturated heterocycles. The van der Waals surface area contributed by atoms with Gasteiger partial charge in [0.1, 0.15) is 6.33 Å². The van der Waals surface area contributed by atoms with E-state index in [1.807, 2.05) is 28.8 Å². The Kier molecular flexibility index (Phi) is 6.31. The van der Waals surface area contributed by atoms with Crippen LogP contribution in [-0.4, -0.2) is 26.4 Å². The Balaban J connectivity index is 1.63. The van der Waals surface area contributed by atoms with Crippen molar-refractivity contribution >= 4 is 45.9 Å². The normalized spacial score (nSPS) is 10.9. The number of hydrogen-bond acceptors (Lipinski definition) is 4. The molecule has 0 atom stereocenters. The minimum Gasteiger partial charge on any atom is -0.325 e. The molecule has 26 heavy (non-hydrogen) atoms. The van der Waals surface area contributed by atoms with Crippen molar-refractivity contribution in [2.75, 3.05) is 11.1 Å². The Morgan fingerprint density at radius 2 is 1.85 bits per heavy atom. The molecule has 134 valence electrons. The first-order chi connectivity index (χ1) is 12.5. The van der Waals surface area contributed by atoms with Crippen LogP contribution in [0.25, 0.3) is 5.69 Å². The van der Waals surface area contributed by atoms with Gasteiger partial charge in [-0.25, -0.2) is 0 Å². The highest BCUT2D eigenvalue weighted by Crippen LogP contribution is 2.22. The summed E-state index contributed by atoms with van der Waals surface area (Å²) in [5.41, 5.74) is 3.06. The summed E-state index contributed by atoms with van der Waals surface area (Å²) in [6.45, 7) is 4.34. The van der Waals surface area contributed by atoms with Crippen LogP contribution in [0.4, 0.5) is 5.69 Å². The highest BCUT2D eigenvalue weighted by molar-refractivity contribution is 14.1. The lowest BCUT2D eigenvalue weighted by Gasteiger charge is -2.09. The van der Waals surface area contributed by atoms with Gasteiger partial charge in [-0.1, -0.05) is 37.7 Å². The van der Waals surface area contributed by atoms with Crippen molar-refractivity contribution in [3.05, 3.63) is 64.0 Å². The van der Waals surface area contributed by atoms with Crippen molar-refractivity contribution in [2.24, 2.45) is 0 Å². The molecule has 5 nitrogen and oxygen atoms in total. The molecule has 0 aliphatic carbocycles. The summed E-state index contributed by atoms with van der Waals surface area (Å²) in [5, 5.41) is 11.7. The molecule has 0 spiro atoms. The first-order valence-electron chi connectivity index (χ1n) is 8.21. The number of hydrogen-bond donors (Lipinski definition) is 1. The number of rotatable bonds is 6. The van der Waals surface area contributed by atoms with Gasteiger partial charge in [-0.15, -0.1) is 10.2 Å². The number of halogens is 1. The predicted molar refractivity (Wildman–Crippen MR) is 114 cm³/mol. The summed E-state index contributed by atoms with van der Waals surface area (Å²) in [4.78, 5) is 12.2. The third kappa shape index (κ3) is 4.85. The average Bonchev–Trinajstić information content (AvgIpc) is 3.10. The van der Waals surface area contributed by atoms with Gasteiger partial charge in [0.15, 0.2) is 5.16 Å². The molecular formula is C19H19IN4OS. The largest absolute Gasteiger partial charge is 0.325 e. The second-order valence-corrected chi connectivity index (χ2v) is 8.26. The van der Waals surface area contributed by atoms with Crippen molar-refractivity contribution in [3.8, 4) is 5.69 Å². The van der Waals surface area contributed by atoms with E-state index in [4.69, 9.17) is 0 Å². The molecule has 0 fully saturated rings. The van der Waals surface area contributed by atoms with Crippen molar-refractivity contribution in [1.29, 1.82) is 0 Å². The molecular weight excluding hydrogens is 459 g/mol. The minimum absolute atomic E-state index is 0.0686. The van der Waals surface area contributed by atoms with Crippen LogP contribution in [0.5, 0.6) is 0 Å². The van der Waals surface area contributed by atoms with E-state index in [9.17, 15) is 4.79 Å². The number of benzene rings is 2. The lowest BCUT2D eigenvalue weighted by molar-refractivity contribution is -0.113. The molecule has 3 aromatic rings. The molecule has 0 aliphatic heterocycles. The Morgan fingerprint density at radius 3 is 2.50 bits per heavy atom. The summed E-state index contributed by atoms with van der Waals surface area (Å²) < 4.78 is 3.03. The van der Waals surface area contributed by atoms with Gasteiger partial charge in [-0.05, 0) is 70.5 Å². The zero-order valence-corrected chi connectivity index (χ0v) is 17.5. The van der Waals surface area contributed by atoms with Gasteiger partial charge in [0.05, 0.1) is 5.75 Å². The van der Waals surface area contributed by atoms with E-state index in [2.05, 4.69) is 76.2 Å². The van der Waals surface area contributed by atoms with Gasteiger partial charge in [-0.3, -0.25) is 9.36 Å². The van der Waals surface area contributed by atoms with Gasteiger partial charge in [0.25, 0.3) is 0 Å². The topological polar surface area (TPSA) is 59.8 Å². The highest BCUT2D eigenvalue weighted by atomic mass is 127. The van der Waals surface area contributed by atoms with Crippen LogP contribution in [0, 0.1) is 3.57 Å². The van der Waals surface area contributed by atoms with E-state index >= 15 is 0 Å². The molecule has 0 bridgehead atoms. The molecule has 0 aliphatic rings. The summed E-state index contributed by atoms with van der Waals surface area (Å²) >= 11 is 3.60. The standard InChI is InChI=1S/C19H19IN4OS/c1-13(2)14-3-9-17(10-4-14)24-12-21-23-19(24)26-11-18(25)22-16-7-5-15(20)6-8-16/h3-10,12-13H,11H2,1-2H3,(H,22,25). The van der Waals surface area contributed by atoms with Crippen LogP contribution in [0.15, 0.2) is 60.0 Å². The van der Waals surface area contributed by atoms with E-state index in [0.29, 0.717) is 11.1 Å². The quantitative estimate of drug-likeness (QED) is 0.411. The van der Waals surface area contributed by atoms with Crippen LogP contribution in [0.3, 0.4) is 0 Å². The number of nitrogens with one attached hydrogen (secondary N) is 1. The molecule has 1 amide bonds. The number of anilines is 1. The second kappa shape index (κ2) is 8.68. The van der Waals surface area contributed by atoms with Gasteiger partial charge in [0, 0.05) is 14.9 Å². The molecule has 2 aromatic carbocycles. The molecule has 0 unspecified atom stereocenters. The van der Waals surface area contributed by atoms with E-state index < -0.39 is 0 Å². The number of amides is 1.